The van der Waals surface area contributed by atoms with E-state index in [1.807, 2.05) is 32.9 Å². The molecule has 5 nitrogen and oxygen atoms in total. The fourth-order valence-corrected chi connectivity index (χ4v) is 3.99. The normalized spacial score (nSPS) is 13.2. The van der Waals surface area contributed by atoms with Crippen LogP contribution in [0.25, 0.3) is 0 Å². The van der Waals surface area contributed by atoms with Crippen molar-refractivity contribution in [1.29, 1.82) is 0 Å². The largest absolute Gasteiger partial charge is 0.349 e. The van der Waals surface area contributed by atoms with E-state index < -0.39 is 6.04 Å². The van der Waals surface area contributed by atoms with Crippen LogP contribution in [0, 0.1) is 13.8 Å². The molecule has 0 aliphatic rings. The molecular formula is C19H24ClN3O2S. The summed E-state index contributed by atoms with van der Waals surface area (Å²) in [7, 11) is 1.79. The molecule has 1 heterocycles. The number of carbonyl (C=O) groups is 2. The van der Waals surface area contributed by atoms with Crippen LogP contribution in [0.1, 0.15) is 53.5 Å². The molecular weight excluding hydrogens is 370 g/mol. The lowest BCUT2D eigenvalue weighted by molar-refractivity contribution is -0.132. The SMILES string of the molecule is CC(=O)NC(CC(=O)N(C)C(C)c1sc(C)nc1C)c1ccc(Cl)cc1. The summed E-state index contributed by atoms with van der Waals surface area (Å²) in [6, 6.07) is 6.71. The molecule has 1 N–H and O–H groups in total. The molecule has 1 aromatic carbocycles. The lowest BCUT2D eigenvalue weighted by atomic mass is 10.0. The number of benzene rings is 1. The monoisotopic (exact) mass is 393 g/mol. The quantitative estimate of drug-likeness (QED) is 0.799. The van der Waals surface area contributed by atoms with Gasteiger partial charge >= 0.3 is 0 Å². The van der Waals surface area contributed by atoms with E-state index in [-0.39, 0.29) is 24.3 Å². The van der Waals surface area contributed by atoms with E-state index in [1.165, 1.54) is 6.92 Å². The molecule has 2 rings (SSSR count). The van der Waals surface area contributed by atoms with Gasteiger partial charge in [-0.15, -0.1) is 11.3 Å². The van der Waals surface area contributed by atoms with Crippen LogP contribution < -0.4 is 5.32 Å². The van der Waals surface area contributed by atoms with Crippen molar-refractivity contribution in [1.82, 2.24) is 15.2 Å². The minimum atomic E-state index is -0.392. The van der Waals surface area contributed by atoms with Gasteiger partial charge in [-0.05, 0) is 38.5 Å². The molecule has 0 aliphatic heterocycles. The number of rotatable bonds is 6. The molecule has 0 bridgehead atoms. The Kier molecular flexibility index (Phi) is 6.78. The fourth-order valence-electron chi connectivity index (χ4n) is 2.84. The maximum atomic E-state index is 12.8. The minimum absolute atomic E-state index is 0.0448. The van der Waals surface area contributed by atoms with E-state index in [2.05, 4.69) is 10.3 Å². The lowest BCUT2D eigenvalue weighted by Crippen LogP contribution is -2.35. The number of aromatic nitrogens is 1. The first-order valence-electron chi connectivity index (χ1n) is 8.41. The van der Waals surface area contributed by atoms with Gasteiger partial charge in [0.2, 0.25) is 11.8 Å². The second kappa shape index (κ2) is 8.64. The van der Waals surface area contributed by atoms with Gasteiger partial charge in [0.25, 0.3) is 0 Å². The molecule has 2 unspecified atom stereocenters. The predicted molar refractivity (Wildman–Crippen MR) is 105 cm³/mol. The van der Waals surface area contributed by atoms with Crippen molar-refractivity contribution in [2.24, 2.45) is 0 Å². The minimum Gasteiger partial charge on any atom is -0.349 e. The summed E-state index contributed by atoms with van der Waals surface area (Å²) in [5.41, 5.74) is 1.81. The van der Waals surface area contributed by atoms with Crippen LogP contribution in [0.4, 0.5) is 0 Å². The maximum absolute atomic E-state index is 12.8. The van der Waals surface area contributed by atoms with E-state index >= 15 is 0 Å². The molecule has 0 radical (unpaired) electrons. The van der Waals surface area contributed by atoms with Crippen molar-refractivity contribution < 1.29 is 9.59 Å². The Morgan fingerprint density at radius 2 is 1.88 bits per heavy atom. The van der Waals surface area contributed by atoms with E-state index in [0.29, 0.717) is 5.02 Å². The number of nitrogens with one attached hydrogen (secondary N) is 1. The van der Waals surface area contributed by atoms with Gasteiger partial charge in [-0.3, -0.25) is 9.59 Å². The second-order valence-electron chi connectivity index (χ2n) is 6.37. The number of hydrogen-bond donors (Lipinski definition) is 1. The molecule has 0 saturated heterocycles. The fraction of sp³-hybridized carbons (Fsp3) is 0.421. The molecule has 26 heavy (non-hydrogen) atoms. The molecule has 140 valence electrons. The van der Waals surface area contributed by atoms with Crippen molar-refractivity contribution >= 4 is 34.8 Å². The van der Waals surface area contributed by atoms with Crippen LogP contribution >= 0.6 is 22.9 Å². The highest BCUT2D eigenvalue weighted by atomic mass is 35.5. The Hall–Kier alpha value is -1.92. The first-order chi connectivity index (χ1) is 12.2. The van der Waals surface area contributed by atoms with E-state index in [0.717, 1.165) is 21.1 Å². The zero-order valence-corrected chi connectivity index (χ0v) is 17.2. The van der Waals surface area contributed by atoms with Crippen molar-refractivity contribution in [3.8, 4) is 0 Å². The van der Waals surface area contributed by atoms with E-state index in [1.54, 1.807) is 35.4 Å². The van der Waals surface area contributed by atoms with Gasteiger partial charge in [0.05, 0.1) is 29.2 Å². The maximum Gasteiger partial charge on any atom is 0.225 e. The molecule has 0 saturated carbocycles. The van der Waals surface area contributed by atoms with Gasteiger partial charge < -0.3 is 10.2 Å². The standard InChI is InChI=1S/C19H24ClN3O2S/c1-11-19(26-14(4)21-11)12(2)23(5)18(25)10-17(22-13(3)24)15-6-8-16(20)9-7-15/h6-9,12,17H,10H2,1-5H3,(H,22,24). The average molecular weight is 394 g/mol. The van der Waals surface area contributed by atoms with Gasteiger partial charge in [-0.25, -0.2) is 4.98 Å². The van der Waals surface area contributed by atoms with Crippen LogP contribution in [0.5, 0.6) is 0 Å². The molecule has 0 aliphatic carbocycles. The smallest absolute Gasteiger partial charge is 0.225 e. The number of halogens is 1. The van der Waals surface area contributed by atoms with Crippen LogP contribution in [-0.4, -0.2) is 28.7 Å². The van der Waals surface area contributed by atoms with Crippen molar-refractivity contribution in [2.45, 2.75) is 46.2 Å². The second-order valence-corrected chi connectivity index (χ2v) is 8.04. The number of nitrogens with zero attached hydrogens (tertiary/aromatic N) is 2. The zero-order chi connectivity index (χ0) is 19.4. The molecule has 0 spiro atoms. The molecule has 2 aromatic rings. The Morgan fingerprint density at radius 1 is 1.27 bits per heavy atom. The van der Waals surface area contributed by atoms with Gasteiger partial charge in [-0.1, -0.05) is 23.7 Å². The number of carbonyl (C=O) groups excluding carboxylic acids is 2. The Balaban J connectivity index is 2.16. The van der Waals surface area contributed by atoms with Crippen molar-refractivity contribution in [2.75, 3.05) is 7.05 Å². The Morgan fingerprint density at radius 3 is 2.38 bits per heavy atom. The molecule has 2 amide bonds. The van der Waals surface area contributed by atoms with Gasteiger partial charge in [-0.2, -0.15) is 0 Å². The zero-order valence-electron chi connectivity index (χ0n) is 15.7. The first-order valence-corrected chi connectivity index (χ1v) is 9.60. The highest BCUT2D eigenvalue weighted by molar-refractivity contribution is 7.11. The van der Waals surface area contributed by atoms with Crippen LogP contribution in [0.15, 0.2) is 24.3 Å². The summed E-state index contributed by atoms with van der Waals surface area (Å²) < 4.78 is 0. The molecule has 2 atom stereocenters. The molecule has 0 fully saturated rings. The van der Waals surface area contributed by atoms with Crippen molar-refractivity contribution in [3.63, 3.8) is 0 Å². The van der Waals surface area contributed by atoms with Crippen molar-refractivity contribution in [3.05, 3.63) is 50.4 Å². The lowest BCUT2D eigenvalue weighted by Gasteiger charge is -2.27. The van der Waals surface area contributed by atoms with Gasteiger partial charge in [0.15, 0.2) is 0 Å². The molecule has 7 heteroatoms. The summed E-state index contributed by atoms with van der Waals surface area (Å²) >= 11 is 7.54. The Labute approximate surface area is 163 Å². The highest BCUT2D eigenvalue weighted by Gasteiger charge is 2.25. The molecule has 1 aromatic heterocycles. The Bertz CT molecular complexity index is 789. The van der Waals surface area contributed by atoms with Gasteiger partial charge in [0, 0.05) is 23.9 Å². The highest BCUT2D eigenvalue weighted by Crippen LogP contribution is 2.29. The van der Waals surface area contributed by atoms with E-state index in [9.17, 15) is 9.59 Å². The van der Waals surface area contributed by atoms with Crippen LogP contribution in [-0.2, 0) is 9.59 Å². The topological polar surface area (TPSA) is 62.3 Å². The van der Waals surface area contributed by atoms with E-state index in [4.69, 9.17) is 11.6 Å². The summed E-state index contributed by atoms with van der Waals surface area (Å²) in [4.78, 5) is 31.7. The first kappa shape index (κ1) is 20.4. The van der Waals surface area contributed by atoms with Crippen LogP contribution in [0.3, 0.4) is 0 Å². The summed E-state index contributed by atoms with van der Waals surface area (Å²) in [5, 5.41) is 4.46. The third kappa shape index (κ3) is 5.05. The summed E-state index contributed by atoms with van der Waals surface area (Å²) in [6.45, 7) is 7.36. The third-order valence-corrected chi connectivity index (χ3v) is 5.82. The number of amides is 2. The third-order valence-electron chi connectivity index (χ3n) is 4.32. The van der Waals surface area contributed by atoms with Gasteiger partial charge in [0.1, 0.15) is 0 Å². The summed E-state index contributed by atoms with van der Waals surface area (Å²) in [5.74, 6) is -0.223. The summed E-state index contributed by atoms with van der Waals surface area (Å²) in [6.07, 6.45) is 0.179. The number of aryl methyl sites for hydroxylation is 2. The predicted octanol–water partition coefficient (Wildman–Crippen LogP) is 4.20. The number of hydrogen-bond acceptors (Lipinski definition) is 4. The number of thiazole rings is 1. The van der Waals surface area contributed by atoms with Crippen LogP contribution in [0.2, 0.25) is 5.02 Å². The average Bonchev–Trinajstić information content (AvgIpc) is 2.91.